The number of ether oxygens (including phenoxy) is 1. The first-order valence-electron chi connectivity index (χ1n) is 5.26. The summed E-state index contributed by atoms with van der Waals surface area (Å²) >= 11 is 0. The van der Waals surface area contributed by atoms with Crippen molar-refractivity contribution in [3.63, 3.8) is 0 Å². The van der Waals surface area contributed by atoms with Crippen LogP contribution in [0.3, 0.4) is 0 Å². The predicted molar refractivity (Wildman–Crippen MR) is 54.7 cm³/mol. The van der Waals surface area contributed by atoms with Crippen molar-refractivity contribution in [2.45, 2.75) is 38.3 Å². The zero-order valence-electron chi connectivity index (χ0n) is 8.83. The molecule has 0 radical (unpaired) electrons. The van der Waals surface area contributed by atoms with Gasteiger partial charge in [0.05, 0.1) is 0 Å². The van der Waals surface area contributed by atoms with E-state index in [1.54, 1.807) is 7.11 Å². The van der Waals surface area contributed by atoms with E-state index in [4.69, 9.17) is 10.5 Å². The molecule has 0 saturated heterocycles. The van der Waals surface area contributed by atoms with Crippen LogP contribution >= 0.6 is 0 Å². The second-order valence-electron chi connectivity index (χ2n) is 3.86. The van der Waals surface area contributed by atoms with Crippen molar-refractivity contribution in [3.05, 3.63) is 0 Å². The largest absolute Gasteiger partial charge is 0.385 e. The molecule has 1 aliphatic carbocycles. The highest BCUT2D eigenvalue weighted by atomic mass is 16.5. The van der Waals surface area contributed by atoms with E-state index in [1.165, 1.54) is 12.8 Å². The highest BCUT2D eigenvalue weighted by Gasteiger charge is 2.28. The van der Waals surface area contributed by atoms with Gasteiger partial charge in [0.25, 0.3) is 0 Å². The van der Waals surface area contributed by atoms with Crippen molar-refractivity contribution in [1.29, 1.82) is 0 Å². The standard InChI is InChI=1S/C10H22N2O/c1-3-12(10-4-5-10)8-9(11)6-7-13-2/h9-10H,3-8,11H2,1-2H3. The van der Waals surface area contributed by atoms with Crippen LogP contribution < -0.4 is 5.73 Å². The lowest BCUT2D eigenvalue weighted by Crippen LogP contribution is -2.39. The number of nitrogens with two attached hydrogens (primary N) is 1. The number of methoxy groups -OCH3 is 1. The van der Waals surface area contributed by atoms with Crippen LogP contribution in [0.15, 0.2) is 0 Å². The van der Waals surface area contributed by atoms with Crippen LogP contribution in [0.1, 0.15) is 26.2 Å². The third-order valence-corrected chi connectivity index (χ3v) is 2.63. The molecule has 1 unspecified atom stereocenters. The van der Waals surface area contributed by atoms with Crippen molar-refractivity contribution in [1.82, 2.24) is 4.90 Å². The summed E-state index contributed by atoms with van der Waals surface area (Å²) in [5.41, 5.74) is 5.98. The molecule has 1 atom stereocenters. The molecule has 0 aromatic carbocycles. The van der Waals surface area contributed by atoms with Gasteiger partial charge in [-0.1, -0.05) is 6.92 Å². The minimum absolute atomic E-state index is 0.278. The number of hydrogen-bond donors (Lipinski definition) is 1. The second kappa shape index (κ2) is 5.58. The van der Waals surface area contributed by atoms with E-state index in [2.05, 4.69) is 11.8 Å². The number of nitrogens with zero attached hydrogens (tertiary/aromatic N) is 1. The maximum atomic E-state index is 5.98. The summed E-state index contributed by atoms with van der Waals surface area (Å²) in [6.07, 6.45) is 3.70. The minimum atomic E-state index is 0.278. The van der Waals surface area contributed by atoms with Crippen molar-refractivity contribution in [3.8, 4) is 0 Å². The van der Waals surface area contributed by atoms with Gasteiger partial charge in [-0.2, -0.15) is 0 Å². The Morgan fingerprint density at radius 3 is 2.69 bits per heavy atom. The highest BCUT2D eigenvalue weighted by molar-refractivity contribution is 4.85. The minimum Gasteiger partial charge on any atom is -0.385 e. The van der Waals surface area contributed by atoms with Crippen LogP contribution in [-0.4, -0.2) is 43.8 Å². The number of likely N-dealkylation sites (N-methyl/N-ethyl adjacent to an activating group) is 1. The van der Waals surface area contributed by atoms with Gasteiger partial charge in [-0.05, 0) is 25.8 Å². The Morgan fingerprint density at radius 1 is 1.54 bits per heavy atom. The smallest absolute Gasteiger partial charge is 0.0477 e. The predicted octanol–water partition coefficient (Wildman–Crippen LogP) is 0.834. The molecule has 2 N–H and O–H groups in total. The number of hydrogen-bond acceptors (Lipinski definition) is 3. The van der Waals surface area contributed by atoms with Gasteiger partial charge in [-0.15, -0.1) is 0 Å². The Bertz CT molecular complexity index is 137. The van der Waals surface area contributed by atoms with Gasteiger partial charge < -0.3 is 10.5 Å². The van der Waals surface area contributed by atoms with Gasteiger partial charge >= 0.3 is 0 Å². The summed E-state index contributed by atoms with van der Waals surface area (Å²) in [6.45, 7) is 5.15. The van der Waals surface area contributed by atoms with Gasteiger partial charge in [0, 0.05) is 32.3 Å². The topological polar surface area (TPSA) is 38.5 Å². The Morgan fingerprint density at radius 2 is 2.23 bits per heavy atom. The van der Waals surface area contributed by atoms with E-state index < -0.39 is 0 Å². The third-order valence-electron chi connectivity index (χ3n) is 2.63. The summed E-state index contributed by atoms with van der Waals surface area (Å²) in [7, 11) is 1.73. The maximum absolute atomic E-state index is 5.98. The summed E-state index contributed by atoms with van der Waals surface area (Å²) < 4.78 is 5.01. The fourth-order valence-corrected chi connectivity index (χ4v) is 1.64. The molecule has 3 nitrogen and oxygen atoms in total. The molecule has 1 saturated carbocycles. The van der Waals surface area contributed by atoms with Gasteiger partial charge in [0.1, 0.15) is 0 Å². The molecule has 0 spiro atoms. The summed E-state index contributed by atoms with van der Waals surface area (Å²) in [5, 5.41) is 0. The Hall–Kier alpha value is -0.120. The molecule has 0 aliphatic heterocycles. The van der Waals surface area contributed by atoms with Crippen LogP contribution in [0.4, 0.5) is 0 Å². The molecule has 1 rings (SSSR count). The normalized spacial score (nSPS) is 19.4. The first-order chi connectivity index (χ1) is 6.27. The van der Waals surface area contributed by atoms with Gasteiger partial charge in [0.2, 0.25) is 0 Å². The fourth-order valence-electron chi connectivity index (χ4n) is 1.64. The van der Waals surface area contributed by atoms with Crippen LogP contribution in [-0.2, 0) is 4.74 Å². The van der Waals surface area contributed by atoms with E-state index >= 15 is 0 Å². The zero-order chi connectivity index (χ0) is 9.68. The SMILES string of the molecule is CCN(CC(N)CCOC)C1CC1. The average Bonchev–Trinajstić information content (AvgIpc) is 2.94. The van der Waals surface area contributed by atoms with E-state index in [-0.39, 0.29) is 6.04 Å². The van der Waals surface area contributed by atoms with Crippen LogP contribution in [0.2, 0.25) is 0 Å². The molecule has 0 aromatic heterocycles. The van der Waals surface area contributed by atoms with Gasteiger partial charge in [-0.3, -0.25) is 4.90 Å². The van der Waals surface area contributed by atoms with E-state index in [9.17, 15) is 0 Å². The summed E-state index contributed by atoms with van der Waals surface area (Å²) in [6, 6.07) is 1.11. The van der Waals surface area contributed by atoms with Crippen molar-refractivity contribution < 1.29 is 4.74 Å². The zero-order valence-corrected chi connectivity index (χ0v) is 8.83. The Labute approximate surface area is 81.2 Å². The van der Waals surface area contributed by atoms with Crippen molar-refractivity contribution >= 4 is 0 Å². The molecule has 1 aliphatic rings. The van der Waals surface area contributed by atoms with Gasteiger partial charge in [-0.25, -0.2) is 0 Å². The molecule has 0 aromatic rings. The summed E-state index contributed by atoms with van der Waals surface area (Å²) in [5.74, 6) is 0. The van der Waals surface area contributed by atoms with Gasteiger partial charge in [0.15, 0.2) is 0 Å². The van der Waals surface area contributed by atoms with Crippen molar-refractivity contribution in [2.75, 3.05) is 26.8 Å². The highest BCUT2D eigenvalue weighted by Crippen LogP contribution is 2.26. The molecule has 1 fully saturated rings. The Balaban J connectivity index is 2.12. The molecule has 13 heavy (non-hydrogen) atoms. The van der Waals surface area contributed by atoms with E-state index in [0.717, 1.165) is 32.2 Å². The molecule has 3 heteroatoms. The molecule has 0 amide bonds. The number of rotatable bonds is 7. The van der Waals surface area contributed by atoms with Crippen LogP contribution in [0.25, 0.3) is 0 Å². The first-order valence-corrected chi connectivity index (χ1v) is 5.26. The lowest BCUT2D eigenvalue weighted by atomic mass is 10.2. The molecular weight excluding hydrogens is 164 g/mol. The molecule has 0 heterocycles. The third kappa shape index (κ3) is 4.07. The Kier molecular flexibility index (Phi) is 4.70. The lowest BCUT2D eigenvalue weighted by molar-refractivity contribution is 0.174. The van der Waals surface area contributed by atoms with Crippen molar-refractivity contribution in [2.24, 2.45) is 5.73 Å². The quantitative estimate of drug-likeness (QED) is 0.640. The fraction of sp³-hybridized carbons (Fsp3) is 1.00. The lowest BCUT2D eigenvalue weighted by Gasteiger charge is -2.23. The summed E-state index contributed by atoms with van der Waals surface area (Å²) in [4.78, 5) is 2.49. The van der Waals surface area contributed by atoms with Crippen LogP contribution in [0.5, 0.6) is 0 Å². The van der Waals surface area contributed by atoms with E-state index in [1.807, 2.05) is 0 Å². The maximum Gasteiger partial charge on any atom is 0.0477 e. The van der Waals surface area contributed by atoms with E-state index in [0.29, 0.717) is 0 Å². The first kappa shape index (κ1) is 11.0. The second-order valence-corrected chi connectivity index (χ2v) is 3.86. The van der Waals surface area contributed by atoms with Crippen LogP contribution in [0, 0.1) is 0 Å². The molecule has 78 valence electrons. The average molecular weight is 186 g/mol. The molecule has 0 bridgehead atoms. The monoisotopic (exact) mass is 186 g/mol. The molecular formula is C10H22N2O.